The summed E-state index contributed by atoms with van der Waals surface area (Å²) < 4.78 is 0. The number of fused-ring (bicyclic) bond motifs is 1. The van der Waals surface area contributed by atoms with E-state index in [4.69, 9.17) is 0 Å². The minimum Gasteiger partial charge on any atom is -0.387 e. The molecular weight excluding hydrogens is 266 g/mol. The van der Waals surface area contributed by atoms with Gasteiger partial charge in [-0.25, -0.2) is 0 Å². The first kappa shape index (κ1) is 15.4. The second-order valence-corrected chi connectivity index (χ2v) is 6.20. The van der Waals surface area contributed by atoms with E-state index in [1.54, 1.807) is 0 Å². The van der Waals surface area contributed by atoms with Crippen LogP contribution in [0.15, 0.2) is 42.5 Å². The Kier molecular flexibility index (Phi) is 5.89. The van der Waals surface area contributed by atoms with Crippen molar-refractivity contribution >= 4 is 22.5 Å². The fraction of sp³-hybridized carbons (Fsp3) is 0.412. The van der Waals surface area contributed by atoms with Crippen LogP contribution in [0.5, 0.6) is 0 Å². The van der Waals surface area contributed by atoms with E-state index in [9.17, 15) is 5.11 Å². The molecule has 0 heterocycles. The highest BCUT2D eigenvalue weighted by Crippen LogP contribution is 2.20. The van der Waals surface area contributed by atoms with Crippen LogP contribution in [-0.4, -0.2) is 29.7 Å². The fourth-order valence-electron chi connectivity index (χ4n) is 2.24. The summed E-state index contributed by atoms with van der Waals surface area (Å²) in [6.07, 6.45) is 2.80. The lowest BCUT2D eigenvalue weighted by molar-refractivity contribution is 0.170. The predicted octanol–water partition coefficient (Wildman–Crippen LogP) is 3.60. The molecule has 0 aromatic heterocycles. The lowest BCUT2D eigenvalue weighted by Crippen LogP contribution is -2.30. The van der Waals surface area contributed by atoms with E-state index < -0.39 is 6.10 Å². The maximum atomic E-state index is 10.3. The van der Waals surface area contributed by atoms with Gasteiger partial charge in [0.2, 0.25) is 0 Å². The molecule has 0 saturated carbocycles. The molecule has 0 spiro atoms. The van der Waals surface area contributed by atoms with Gasteiger partial charge in [-0.1, -0.05) is 36.4 Å². The van der Waals surface area contributed by atoms with E-state index in [0.29, 0.717) is 12.6 Å². The van der Waals surface area contributed by atoms with Gasteiger partial charge in [0.25, 0.3) is 0 Å². The summed E-state index contributed by atoms with van der Waals surface area (Å²) in [6.45, 7) is 2.78. The maximum Gasteiger partial charge on any atom is 0.0914 e. The first-order chi connectivity index (χ1) is 9.70. The van der Waals surface area contributed by atoms with Crippen LogP contribution < -0.4 is 5.32 Å². The smallest absolute Gasteiger partial charge is 0.0914 e. The molecule has 2 N–H and O–H groups in total. The number of nitrogens with one attached hydrogen (secondary N) is 1. The molecule has 108 valence electrons. The average Bonchev–Trinajstić information content (AvgIpc) is 2.50. The van der Waals surface area contributed by atoms with E-state index in [2.05, 4.69) is 42.8 Å². The monoisotopic (exact) mass is 289 g/mol. The van der Waals surface area contributed by atoms with E-state index in [-0.39, 0.29) is 0 Å². The van der Waals surface area contributed by atoms with Crippen LogP contribution >= 0.6 is 11.8 Å². The van der Waals surface area contributed by atoms with Crippen molar-refractivity contribution in [1.82, 2.24) is 5.32 Å². The number of rotatable bonds is 7. The van der Waals surface area contributed by atoms with Gasteiger partial charge >= 0.3 is 0 Å². The van der Waals surface area contributed by atoms with Crippen LogP contribution in [0.25, 0.3) is 10.8 Å². The molecule has 0 aliphatic rings. The van der Waals surface area contributed by atoms with E-state index >= 15 is 0 Å². The zero-order valence-electron chi connectivity index (χ0n) is 12.2. The molecule has 2 aromatic carbocycles. The molecule has 0 amide bonds. The van der Waals surface area contributed by atoms with Crippen LogP contribution in [0.4, 0.5) is 0 Å². The van der Waals surface area contributed by atoms with E-state index in [1.165, 1.54) is 10.8 Å². The van der Waals surface area contributed by atoms with Crippen LogP contribution in [0, 0.1) is 0 Å². The topological polar surface area (TPSA) is 32.3 Å². The van der Waals surface area contributed by atoms with Gasteiger partial charge in [-0.15, -0.1) is 0 Å². The van der Waals surface area contributed by atoms with Crippen LogP contribution in [0.3, 0.4) is 0 Å². The number of benzene rings is 2. The zero-order chi connectivity index (χ0) is 14.4. The largest absolute Gasteiger partial charge is 0.387 e. The van der Waals surface area contributed by atoms with Crippen LogP contribution in [-0.2, 0) is 0 Å². The van der Waals surface area contributed by atoms with E-state index in [0.717, 1.165) is 17.7 Å². The van der Waals surface area contributed by atoms with Gasteiger partial charge in [0.15, 0.2) is 0 Å². The van der Waals surface area contributed by atoms with Crippen molar-refractivity contribution in [2.75, 3.05) is 18.6 Å². The summed E-state index contributed by atoms with van der Waals surface area (Å²) in [5, 5.41) is 16.1. The number of aliphatic hydroxyl groups is 1. The summed E-state index contributed by atoms with van der Waals surface area (Å²) in [6, 6.07) is 14.8. The van der Waals surface area contributed by atoms with Crippen LogP contribution in [0.1, 0.15) is 25.0 Å². The Morgan fingerprint density at radius 2 is 1.90 bits per heavy atom. The Labute approximate surface area is 125 Å². The van der Waals surface area contributed by atoms with Gasteiger partial charge in [0.05, 0.1) is 6.10 Å². The van der Waals surface area contributed by atoms with Crippen molar-refractivity contribution in [3.05, 3.63) is 48.0 Å². The Bertz CT molecular complexity index is 543. The van der Waals surface area contributed by atoms with Crippen molar-refractivity contribution < 1.29 is 5.11 Å². The van der Waals surface area contributed by atoms with Gasteiger partial charge < -0.3 is 10.4 Å². The molecule has 2 atom stereocenters. The third kappa shape index (κ3) is 4.23. The van der Waals surface area contributed by atoms with Gasteiger partial charge in [-0.05, 0) is 47.8 Å². The Balaban J connectivity index is 1.95. The van der Waals surface area contributed by atoms with Crippen molar-refractivity contribution in [2.24, 2.45) is 0 Å². The Morgan fingerprint density at radius 1 is 1.15 bits per heavy atom. The predicted molar refractivity (Wildman–Crippen MR) is 89.4 cm³/mol. The second kappa shape index (κ2) is 7.67. The van der Waals surface area contributed by atoms with Crippen molar-refractivity contribution in [1.29, 1.82) is 0 Å². The molecule has 2 unspecified atom stereocenters. The summed E-state index contributed by atoms with van der Waals surface area (Å²) in [5.41, 5.74) is 0.980. The Hall–Kier alpha value is -1.03. The lowest BCUT2D eigenvalue weighted by Gasteiger charge is -2.17. The summed E-state index contributed by atoms with van der Waals surface area (Å²) in [4.78, 5) is 0. The molecule has 2 aromatic rings. The van der Waals surface area contributed by atoms with Gasteiger partial charge in [0, 0.05) is 12.6 Å². The lowest BCUT2D eigenvalue weighted by atomic mass is 10.0. The molecule has 2 rings (SSSR count). The molecule has 0 aliphatic carbocycles. The van der Waals surface area contributed by atoms with Gasteiger partial charge in [-0.3, -0.25) is 0 Å². The molecule has 0 saturated heterocycles. The fourth-order valence-corrected chi connectivity index (χ4v) is 2.83. The number of aliphatic hydroxyl groups excluding tert-OH is 1. The number of hydrogen-bond donors (Lipinski definition) is 2. The molecule has 0 fully saturated rings. The first-order valence-corrected chi connectivity index (χ1v) is 8.49. The summed E-state index contributed by atoms with van der Waals surface area (Å²) in [5.74, 6) is 1.15. The average molecular weight is 289 g/mol. The molecule has 0 aliphatic heterocycles. The second-order valence-electron chi connectivity index (χ2n) is 5.21. The molecular formula is C17H23NOS. The number of hydrogen-bond acceptors (Lipinski definition) is 3. The zero-order valence-corrected chi connectivity index (χ0v) is 13.0. The third-order valence-electron chi connectivity index (χ3n) is 3.57. The van der Waals surface area contributed by atoms with Crippen LogP contribution in [0.2, 0.25) is 0 Å². The highest BCUT2D eigenvalue weighted by molar-refractivity contribution is 7.98. The molecule has 20 heavy (non-hydrogen) atoms. The van der Waals surface area contributed by atoms with Crippen molar-refractivity contribution in [3.63, 3.8) is 0 Å². The highest BCUT2D eigenvalue weighted by Gasteiger charge is 2.09. The van der Waals surface area contributed by atoms with Gasteiger partial charge in [-0.2, -0.15) is 11.8 Å². The van der Waals surface area contributed by atoms with E-state index in [1.807, 2.05) is 30.0 Å². The highest BCUT2D eigenvalue weighted by atomic mass is 32.2. The molecule has 0 bridgehead atoms. The SMILES string of the molecule is CSCCC(C)NCC(O)c1ccc2ccccc2c1. The summed E-state index contributed by atoms with van der Waals surface area (Å²) >= 11 is 1.86. The van der Waals surface area contributed by atoms with Gasteiger partial charge in [0.1, 0.15) is 0 Å². The standard InChI is InChI=1S/C17H23NOS/c1-13(9-10-20-2)18-12-17(19)16-8-7-14-5-3-4-6-15(14)11-16/h3-8,11,13,17-19H,9-10,12H2,1-2H3. The molecule has 3 heteroatoms. The van der Waals surface area contributed by atoms with Crippen molar-refractivity contribution in [2.45, 2.75) is 25.5 Å². The maximum absolute atomic E-state index is 10.3. The normalized spacial score (nSPS) is 14.3. The summed E-state index contributed by atoms with van der Waals surface area (Å²) in [7, 11) is 0. The first-order valence-electron chi connectivity index (χ1n) is 7.10. The molecule has 2 nitrogen and oxygen atoms in total. The molecule has 0 radical (unpaired) electrons. The van der Waals surface area contributed by atoms with Crippen molar-refractivity contribution in [3.8, 4) is 0 Å². The quantitative estimate of drug-likeness (QED) is 0.817. The Morgan fingerprint density at radius 3 is 2.65 bits per heavy atom. The third-order valence-corrected chi connectivity index (χ3v) is 4.22. The minimum absolute atomic E-state index is 0.442. The minimum atomic E-state index is -0.448. The number of thioether (sulfide) groups is 1.